The normalized spacial score (nSPS) is 10.6. The van der Waals surface area contributed by atoms with Crippen molar-refractivity contribution >= 4 is 56.1 Å². The van der Waals surface area contributed by atoms with Gasteiger partial charge in [0.05, 0.1) is 0 Å². The Morgan fingerprint density at radius 1 is 1.00 bits per heavy atom. The Balaban J connectivity index is 0.00000144. The van der Waals surface area contributed by atoms with Crippen molar-refractivity contribution in [3.8, 4) is 5.75 Å². The fraction of sp³-hybridized carbons (Fsp3) is 0. The molecule has 2 aromatic rings. The SMILES string of the molecule is O=CS(=O)(=O)Oc1cccc2ccccc12.[NaH]. The van der Waals surface area contributed by atoms with Crippen LogP contribution in [0, 0.1) is 0 Å². The molecule has 0 saturated heterocycles. The van der Waals surface area contributed by atoms with Crippen molar-refractivity contribution in [2.24, 2.45) is 0 Å². The van der Waals surface area contributed by atoms with E-state index in [0.29, 0.717) is 5.39 Å². The summed E-state index contributed by atoms with van der Waals surface area (Å²) in [4.78, 5) is 10.3. The minimum absolute atomic E-state index is 0. The summed E-state index contributed by atoms with van der Waals surface area (Å²) < 4.78 is 26.7. The summed E-state index contributed by atoms with van der Waals surface area (Å²) in [7, 11) is -4.14. The summed E-state index contributed by atoms with van der Waals surface area (Å²) in [6.07, 6.45) is 0. The first kappa shape index (κ1) is 14.2. The van der Waals surface area contributed by atoms with Crippen LogP contribution < -0.4 is 4.18 Å². The van der Waals surface area contributed by atoms with Gasteiger partial charge in [-0.1, -0.05) is 36.4 Å². The van der Waals surface area contributed by atoms with Gasteiger partial charge in [-0.15, -0.1) is 0 Å². The van der Waals surface area contributed by atoms with Gasteiger partial charge in [0.15, 0.2) is 5.75 Å². The molecule has 2 aromatic carbocycles. The Hall–Kier alpha value is -0.880. The van der Waals surface area contributed by atoms with E-state index in [1.807, 2.05) is 18.2 Å². The number of hydrogen-bond acceptors (Lipinski definition) is 4. The Bertz CT molecular complexity index is 631. The van der Waals surface area contributed by atoms with Gasteiger partial charge in [0.1, 0.15) is 0 Å². The van der Waals surface area contributed by atoms with Crippen LogP contribution in [-0.2, 0) is 14.9 Å². The molecule has 6 heteroatoms. The Morgan fingerprint density at radius 2 is 1.65 bits per heavy atom. The second-order valence-electron chi connectivity index (χ2n) is 3.15. The quantitative estimate of drug-likeness (QED) is 0.471. The van der Waals surface area contributed by atoms with E-state index in [1.165, 1.54) is 6.07 Å². The zero-order chi connectivity index (χ0) is 11.6. The number of carbonyl (C=O) groups is 1. The second kappa shape index (κ2) is 5.64. The molecule has 0 unspecified atom stereocenters. The van der Waals surface area contributed by atoms with Crippen LogP contribution in [0.1, 0.15) is 0 Å². The van der Waals surface area contributed by atoms with E-state index in [-0.39, 0.29) is 40.9 Å². The molecule has 0 aliphatic carbocycles. The molecule has 17 heavy (non-hydrogen) atoms. The maximum atomic E-state index is 11.0. The van der Waals surface area contributed by atoms with Crippen molar-refractivity contribution in [2.75, 3.05) is 0 Å². The Labute approximate surface area is 121 Å². The summed E-state index contributed by atoms with van der Waals surface area (Å²) in [6, 6.07) is 12.2. The second-order valence-corrected chi connectivity index (χ2v) is 4.49. The molecule has 0 bridgehead atoms. The molecule has 0 radical (unpaired) electrons. The molecule has 0 aliphatic rings. The molecule has 4 nitrogen and oxygen atoms in total. The van der Waals surface area contributed by atoms with Gasteiger partial charge >= 0.3 is 39.7 Å². The number of benzene rings is 2. The van der Waals surface area contributed by atoms with Gasteiger partial charge in [-0.25, -0.2) is 0 Å². The van der Waals surface area contributed by atoms with Crippen LogP contribution in [0.5, 0.6) is 5.75 Å². The van der Waals surface area contributed by atoms with Crippen molar-refractivity contribution in [2.45, 2.75) is 0 Å². The average Bonchev–Trinajstić information content (AvgIpc) is 2.29. The molecular weight excluding hydrogens is 251 g/mol. The summed E-state index contributed by atoms with van der Waals surface area (Å²) in [5, 5.41) is 1.50. The van der Waals surface area contributed by atoms with Crippen LogP contribution in [0.4, 0.5) is 0 Å². The van der Waals surface area contributed by atoms with Crippen LogP contribution in [0.15, 0.2) is 42.5 Å². The van der Waals surface area contributed by atoms with Crippen LogP contribution in [0.3, 0.4) is 0 Å². The van der Waals surface area contributed by atoms with Crippen molar-refractivity contribution in [3.05, 3.63) is 42.5 Å². The molecule has 2 rings (SSSR count). The van der Waals surface area contributed by atoms with Crippen LogP contribution in [0.25, 0.3) is 10.8 Å². The molecule has 0 heterocycles. The van der Waals surface area contributed by atoms with Gasteiger partial charge in [0.2, 0.25) is 0 Å². The van der Waals surface area contributed by atoms with E-state index in [1.54, 1.807) is 18.2 Å². The molecule has 0 atom stereocenters. The van der Waals surface area contributed by atoms with Gasteiger partial charge < -0.3 is 4.18 Å². The standard InChI is InChI=1S/C11H8O4S.Na.H/c12-8-16(13,14)15-11-7-3-5-9-4-1-2-6-10(9)11;;/h1-8H;;. The number of hydrogen-bond donors (Lipinski definition) is 0. The zero-order valence-electron chi connectivity index (χ0n) is 8.16. The third-order valence-corrected chi connectivity index (χ3v) is 2.72. The third kappa shape index (κ3) is 3.29. The topological polar surface area (TPSA) is 60.4 Å². The minimum atomic E-state index is -4.14. The monoisotopic (exact) mass is 260 g/mol. The molecule has 84 valence electrons. The van der Waals surface area contributed by atoms with E-state index in [0.717, 1.165) is 5.39 Å². The summed E-state index contributed by atoms with van der Waals surface area (Å²) in [5.41, 5.74) is -0.214. The maximum absolute atomic E-state index is 11.0. The average molecular weight is 260 g/mol. The Kier molecular flexibility index (Phi) is 4.70. The number of fused-ring (bicyclic) bond motifs is 1. The molecular formula is C11H9NaO4S. The van der Waals surface area contributed by atoms with E-state index >= 15 is 0 Å². The fourth-order valence-corrected chi connectivity index (χ4v) is 1.85. The van der Waals surface area contributed by atoms with Crippen LogP contribution in [-0.4, -0.2) is 43.6 Å². The molecule has 0 saturated carbocycles. The first-order chi connectivity index (χ1) is 7.62. The summed E-state index contributed by atoms with van der Waals surface area (Å²) >= 11 is 0. The number of rotatable bonds is 3. The summed E-state index contributed by atoms with van der Waals surface area (Å²) in [5.74, 6) is 0.158. The predicted molar refractivity (Wildman–Crippen MR) is 67.4 cm³/mol. The van der Waals surface area contributed by atoms with Gasteiger partial charge in [0, 0.05) is 5.39 Å². The van der Waals surface area contributed by atoms with E-state index in [9.17, 15) is 13.2 Å². The van der Waals surface area contributed by atoms with Gasteiger partial charge in [-0.3, -0.25) is 4.79 Å². The molecule has 0 aromatic heterocycles. The van der Waals surface area contributed by atoms with E-state index in [2.05, 4.69) is 4.18 Å². The zero-order valence-corrected chi connectivity index (χ0v) is 8.98. The fourth-order valence-electron chi connectivity index (χ4n) is 1.41. The molecule has 0 spiro atoms. The van der Waals surface area contributed by atoms with E-state index < -0.39 is 10.1 Å². The first-order valence-corrected chi connectivity index (χ1v) is 5.97. The first-order valence-electron chi connectivity index (χ1n) is 4.50. The molecule has 0 amide bonds. The van der Waals surface area contributed by atoms with Gasteiger partial charge in [-0.05, 0) is 11.5 Å². The van der Waals surface area contributed by atoms with Crippen molar-refractivity contribution in [1.82, 2.24) is 0 Å². The molecule has 0 fully saturated rings. The predicted octanol–water partition coefficient (Wildman–Crippen LogP) is 1.09. The molecule has 0 aliphatic heterocycles. The Morgan fingerprint density at radius 3 is 2.35 bits per heavy atom. The van der Waals surface area contributed by atoms with Gasteiger partial charge in [0.25, 0.3) is 5.62 Å². The van der Waals surface area contributed by atoms with Gasteiger partial charge in [-0.2, -0.15) is 8.42 Å². The third-order valence-electron chi connectivity index (χ3n) is 2.07. The van der Waals surface area contributed by atoms with Crippen molar-refractivity contribution in [3.63, 3.8) is 0 Å². The van der Waals surface area contributed by atoms with E-state index in [4.69, 9.17) is 0 Å². The van der Waals surface area contributed by atoms with Crippen LogP contribution in [0.2, 0.25) is 0 Å². The molecule has 0 N–H and O–H groups in total. The van der Waals surface area contributed by atoms with Crippen molar-refractivity contribution < 1.29 is 17.4 Å². The van der Waals surface area contributed by atoms with Crippen molar-refractivity contribution in [1.29, 1.82) is 0 Å². The number of carbonyl (C=O) groups excluding carboxylic acids is 1. The van der Waals surface area contributed by atoms with Crippen LogP contribution >= 0.6 is 0 Å². The summed E-state index contributed by atoms with van der Waals surface area (Å²) in [6.45, 7) is 0.